The van der Waals surface area contributed by atoms with Crippen LogP contribution in [-0.2, 0) is 4.74 Å². The lowest BCUT2D eigenvalue weighted by molar-refractivity contribution is -0.384. The van der Waals surface area contributed by atoms with Gasteiger partial charge in [0, 0.05) is 37.5 Å². The van der Waals surface area contributed by atoms with Crippen molar-refractivity contribution < 1.29 is 14.5 Å². The van der Waals surface area contributed by atoms with E-state index in [1.54, 1.807) is 12.1 Å². The highest BCUT2D eigenvalue weighted by Crippen LogP contribution is 2.42. The monoisotopic (exact) mass is 361 g/mol. The molecule has 0 aromatic heterocycles. The summed E-state index contributed by atoms with van der Waals surface area (Å²) in [6.45, 7) is 9.98. The van der Waals surface area contributed by atoms with Gasteiger partial charge in [-0.3, -0.25) is 10.1 Å². The number of likely N-dealkylation sites (tertiary alicyclic amines) is 1. The lowest BCUT2D eigenvalue weighted by Crippen LogP contribution is -2.66. The van der Waals surface area contributed by atoms with Crippen molar-refractivity contribution in [2.45, 2.75) is 58.1 Å². The van der Waals surface area contributed by atoms with Crippen LogP contribution in [0.5, 0.6) is 0 Å². The second-order valence-corrected chi connectivity index (χ2v) is 8.32. The smallest absolute Gasteiger partial charge is 0.410 e. The molecule has 3 rings (SSSR count). The quantitative estimate of drug-likeness (QED) is 0.590. The summed E-state index contributed by atoms with van der Waals surface area (Å²) in [5.41, 5.74) is 1.49. The van der Waals surface area contributed by atoms with E-state index in [1.165, 1.54) is 0 Å². The number of nitro groups is 1. The number of rotatable bonds is 2. The van der Waals surface area contributed by atoms with Crippen molar-refractivity contribution in [3.63, 3.8) is 0 Å². The predicted molar refractivity (Wildman–Crippen MR) is 99.6 cm³/mol. The number of non-ortho nitro benzene ring substituents is 1. The molecule has 1 amide bonds. The van der Waals surface area contributed by atoms with Crippen molar-refractivity contribution in [1.82, 2.24) is 4.90 Å². The number of hydrogen-bond acceptors (Lipinski definition) is 5. The number of piperidine rings is 1. The number of benzene rings is 1. The zero-order valence-corrected chi connectivity index (χ0v) is 15.9. The van der Waals surface area contributed by atoms with E-state index in [1.807, 2.05) is 38.7 Å². The summed E-state index contributed by atoms with van der Waals surface area (Å²) in [5.74, 6) is 0. The summed E-state index contributed by atoms with van der Waals surface area (Å²) in [4.78, 5) is 27.1. The van der Waals surface area contributed by atoms with E-state index in [0.29, 0.717) is 0 Å². The van der Waals surface area contributed by atoms with E-state index in [0.717, 1.165) is 50.1 Å². The first-order valence-corrected chi connectivity index (χ1v) is 9.12. The maximum absolute atomic E-state index is 12.4. The van der Waals surface area contributed by atoms with Crippen molar-refractivity contribution in [3.8, 4) is 0 Å². The molecule has 0 bridgehead atoms. The molecule has 1 aromatic rings. The van der Waals surface area contributed by atoms with Gasteiger partial charge in [-0.05, 0) is 58.6 Å². The van der Waals surface area contributed by atoms with Crippen LogP contribution in [0.1, 0.15) is 45.6 Å². The largest absolute Gasteiger partial charge is 0.444 e. The van der Waals surface area contributed by atoms with Gasteiger partial charge in [-0.1, -0.05) is 0 Å². The summed E-state index contributed by atoms with van der Waals surface area (Å²) in [6.07, 6.45) is 2.58. The molecule has 0 N–H and O–H groups in total. The molecule has 2 heterocycles. The van der Waals surface area contributed by atoms with Gasteiger partial charge in [0.2, 0.25) is 0 Å². The maximum atomic E-state index is 12.4. The highest BCUT2D eigenvalue weighted by molar-refractivity contribution is 5.70. The minimum Gasteiger partial charge on any atom is -0.444 e. The minimum atomic E-state index is -0.482. The molecule has 0 unspecified atom stereocenters. The molecule has 1 spiro atoms. The number of anilines is 1. The first-order chi connectivity index (χ1) is 12.1. The van der Waals surface area contributed by atoms with Crippen molar-refractivity contribution in [3.05, 3.63) is 33.9 Å². The van der Waals surface area contributed by atoms with Crippen molar-refractivity contribution >= 4 is 17.5 Å². The number of amides is 1. The second kappa shape index (κ2) is 6.45. The average Bonchev–Trinajstić information content (AvgIpc) is 2.52. The van der Waals surface area contributed by atoms with Gasteiger partial charge in [-0.15, -0.1) is 0 Å². The van der Waals surface area contributed by atoms with Crippen LogP contribution in [0, 0.1) is 17.0 Å². The summed E-state index contributed by atoms with van der Waals surface area (Å²) >= 11 is 0. The SMILES string of the molecule is Cc1cc([N+](=O)[O-])ccc1N1CCC2(CC1)CCN2C(=O)OC(C)(C)C. The number of nitrogens with zero attached hydrogens (tertiary/aromatic N) is 3. The summed E-state index contributed by atoms with van der Waals surface area (Å²) in [5, 5.41) is 10.9. The fraction of sp³-hybridized carbons (Fsp3) is 0.632. The molecular weight excluding hydrogens is 334 g/mol. The zero-order chi connectivity index (χ0) is 19.1. The van der Waals surface area contributed by atoms with Crippen LogP contribution in [0.2, 0.25) is 0 Å². The molecule has 2 saturated heterocycles. The molecule has 7 heteroatoms. The van der Waals surface area contributed by atoms with Crippen LogP contribution < -0.4 is 4.90 Å². The number of carbonyl (C=O) groups excluding carboxylic acids is 1. The minimum absolute atomic E-state index is 0.0898. The van der Waals surface area contributed by atoms with E-state index in [4.69, 9.17) is 4.74 Å². The molecule has 0 saturated carbocycles. The van der Waals surface area contributed by atoms with Gasteiger partial charge >= 0.3 is 6.09 Å². The summed E-state index contributed by atoms with van der Waals surface area (Å²) < 4.78 is 5.54. The third-order valence-corrected chi connectivity index (χ3v) is 5.41. The van der Waals surface area contributed by atoms with E-state index in [9.17, 15) is 14.9 Å². The van der Waals surface area contributed by atoms with Crippen molar-refractivity contribution in [2.75, 3.05) is 24.5 Å². The van der Waals surface area contributed by atoms with Gasteiger partial charge < -0.3 is 14.5 Å². The third-order valence-electron chi connectivity index (χ3n) is 5.41. The van der Waals surface area contributed by atoms with Gasteiger partial charge in [0.25, 0.3) is 5.69 Å². The van der Waals surface area contributed by atoms with E-state index >= 15 is 0 Å². The second-order valence-electron chi connectivity index (χ2n) is 8.32. The Kier molecular flexibility index (Phi) is 4.58. The van der Waals surface area contributed by atoms with Crippen molar-refractivity contribution in [2.24, 2.45) is 0 Å². The van der Waals surface area contributed by atoms with Gasteiger partial charge in [0.05, 0.1) is 10.5 Å². The lowest BCUT2D eigenvalue weighted by Gasteiger charge is -2.56. The highest BCUT2D eigenvalue weighted by Gasteiger charge is 2.50. The van der Waals surface area contributed by atoms with Crippen molar-refractivity contribution in [1.29, 1.82) is 0 Å². The Morgan fingerprint density at radius 1 is 1.19 bits per heavy atom. The molecule has 1 aromatic carbocycles. The Labute approximate surface area is 154 Å². The summed E-state index contributed by atoms with van der Waals surface area (Å²) in [6, 6.07) is 5.01. The molecule has 2 aliphatic rings. The maximum Gasteiger partial charge on any atom is 0.410 e. The van der Waals surface area contributed by atoms with Gasteiger partial charge in [0.15, 0.2) is 0 Å². The lowest BCUT2D eigenvalue weighted by atomic mass is 9.76. The zero-order valence-electron chi connectivity index (χ0n) is 15.9. The highest BCUT2D eigenvalue weighted by atomic mass is 16.6. The van der Waals surface area contributed by atoms with Gasteiger partial charge in [-0.25, -0.2) is 4.79 Å². The molecule has 0 aliphatic carbocycles. The standard InChI is InChI=1S/C19H27N3O4/c1-14-13-15(22(24)25)5-6-16(14)20-10-7-19(8-11-20)9-12-21(19)17(23)26-18(2,3)4/h5-6,13H,7-12H2,1-4H3. The van der Waals surface area contributed by atoms with E-state index < -0.39 is 5.60 Å². The average molecular weight is 361 g/mol. The number of ether oxygens (including phenoxy) is 1. The van der Waals surface area contributed by atoms with Gasteiger partial charge in [0.1, 0.15) is 5.60 Å². The Bertz CT molecular complexity index is 718. The van der Waals surface area contributed by atoms with Crippen LogP contribution in [0.3, 0.4) is 0 Å². The number of aryl methyl sites for hydroxylation is 1. The fourth-order valence-electron chi connectivity index (χ4n) is 3.93. The number of carbonyl (C=O) groups is 1. The first kappa shape index (κ1) is 18.5. The fourth-order valence-corrected chi connectivity index (χ4v) is 3.93. The van der Waals surface area contributed by atoms with Gasteiger partial charge in [-0.2, -0.15) is 0 Å². The molecule has 0 atom stereocenters. The number of nitro benzene ring substituents is 1. The molecule has 7 nitrogen and oxygen atoms in total. The Morgan fingerprint density at radius 3 is 2.27 bits per heavy atom. The van der Waals surface area contributed by atoms with Crippen LogP contribution in [0.15, 0.2) is 18.2 Å². The Balaban J connectivity index is 1.66. The van der Waals surface area contributed by atoms with Crippen LogP contribution >= 0.6 is 0 Å². The first-order valence-electron chi connectivity index (χ1n) is 9.12. The number of hydrogen-bond donors (Lipinski definition) is 0. The molecule has 0 radical (unpaired) electrons. The molecular formula is C19H27N3O4. The van der Waals surface area contributed by atoms with Crippen LogP contribution in [0.4, 0.5) is 16.2 Å². The topological polar surface area (TPSA) is 75.9 Å². The van der Waals surface area contributed by atoms with Crippen LogP contribution in [-0.4, -0.2) is 46.7 Å². The molecule has 2 aliphatic heterocycles. The van der Waals surface area contributed by atoms with E-state index in [-0.39, 0.29) is 22.2 Å². The molecule has 26 heavy (non-hydrogen) atoms. The molecule has 142 valence electrons. The Morgan fingerprint density at radius 2 is 1.81 bits per heavy atom. The van der Waals surface area contributed by atoms with E-state index in [2.05, 4.69) is 4.90 Å². The molecule has 2 fully saturated rings. The summed E-state index contributed by atoms with van der Waals surface area (Å²) in [7, 11) is 0. The normalized spacial score (nSPS) is 19.2. The third kappa shape index (κ3) is 3.48. The van der Waals surface area contributed by atoms with Crippen LogP contribution in [0.25, 0.3) is 0 Å². The Hall–Kier alpha value is -2.31. The predicted octanol–water partition coefficient (Wildman–Crippen LogP) is 3.88.